The van der Waals surface area contributed by atoms with Crippen LogP contribution >= 0.6 is 0 Å². The zero-order valence-corrected chi connectivity index (χ0v) is 25.1. The number of phenols is 2. The standard InChI is InChI=1S/C34H36F3N5O3/c1-2-23-26(36)7-4-18-10-22(43)11-24(28(18)23)29-27(44)12-25-31(30(29)37)39-33(40-32(25)41-15-20-5-6-21(16-41)38-20)45-17-34-8-3-9-42(34)14-19(35)13-34/h4,7,10-12,19-21,38,43-44H,2-3,5-6,8-9,13-17H2,1H3/t19-,20?,21?,34+/m1/s1. The predicted octanol–water partition coefficient (Wildman–Crippen LogP) is 5.60. The first-order valence-electron chi connectivity index (χ1n) is 15.9. The molecule has 4 aliphatic heterocycles. The number of rotatable bonds is 6. The van der Waals surface area contributed by atoms with Crippen molar-refractivity contribution < 1.29 is 28.1 Å². The smallest absolute Gasteiger partial charge is 0.319 e. The van der Waals surface area contributed by atoms with Crippen LogP contribution in [0.1, 0.15) is 44.6 Å². The van der Waals surface area contributed by atoms with Gasteiger partial charge in [-0.05, 0) is 79.3 Å². The lowest BCUT2D eigenvalue weighted by molar-refractivity contribution is 0.107. The normalized spacial score (nSPS) is 26.3. The van der Waals surface area contributed by atoms with Gasteiger partial charge in [0.15, 0.2) is 5.82 Å². The Balaban J connectivity index is 1.30. The van der Waals surface area contributed by atoms with Gasteiger partial charge in [-0.3, -0.25) is 4.90 Å². The van der Waals surface area contributed by atoms with Crippen LogP contribution in [0.3, 0.4) is 0 Å². The van der Waals surface area contributed by atoms with Gasteiger partial charge in [-0.2, -0.15) is 9.97 Å². The van der Waals surface area contributed by atoms with E-state index in [0.717, 1.165) is 32.2 Å². The van der Waals surface area contributed by atoms with Gasteiger partial charge < -0.3 is 25.2 Å². The monoisotopic (exact) mass is 619 g/mol. The zero-order chi connectivity index (χ0) is 31.0. The van der Waals surface area contributed by atoms with Crippen LogP contribution < -0.4 is 15.0 Å². The Labute approximate surface area is 258 Å². The molecule has 4 atom stereocenters. The third-order valence-electron chi connectivity index (χ3n) is 10.4. The number of fused-ring (bicyclic) bond motifs is 5. The van der Waals surface area contributed by atoms with Gasteiger partial charge in [0.25, 0.3) is 0 Å². The minimum absolute atomic E-state index is 0.0106. The highest BCUT2D eigenvalue weighted by molar-refractivity contribution is 6.04. The van der Waals surface area contributed by atoms with Crippen LogP contribution in [0.2, 0.25) is 0 Å². The summed E-state index contributed by atoms with van der Waals surface area (Å²) in [6, 6.07) is 7.68. The van der Waals surface area contributed by atoms with Gasteiger partial charge in [0.05, 0.1) is 11.1 Å². The Morgan fingerprint density at radius 1 is 1.07 bits per heavy atom. The molecule has 4 saturated heterocycles. The SMILES string of the molecule is CCc1c(F)ccc2cc(O)cc(-c3c(O)cc4c(N5CC6CCC(C5)N6)nc(OC[C@@]56CCCN5C[C@H](F)C6)nc4c3F)c12. The van der Waals surface area contributed by atoms with E-state index in [1.54, 1.807) is 6.92 Å². The van der Waals surface area contributed by atoms with Gasteiger partial charge in [0.2, 0.25) is 0 Å². The highest BCUT2D eigenvalue weighted by atomic mass is 19.1. The zero-order valence-electron chi connectivity index (χ0n) is 25.1. The van der Waals surface area contributed by atoms with E-state index in [2.05, 4.69) is 20.1 Å². The molecule has 0 amide bonds. The fraction of sp³-hybridized carbons (Fsp3) is 0.471. The average molecular weight is 620 g/mol. The fourth-order valence-corrected chi connectivity index (χ4v) is 8.40. The Kier molecular flexibility index (Phi) is 6.76. The van der Waals surface area contributed by atoms with E-state index in [0.29, 0.717) is 60.0 Å². The molecule has 3 aromatic carbocycles. The number of alkyl halides is 1. The van der Waals surface area contributed by atoms with Crippen molar-refractivity contribution in [1.82, 2.24) is 20.2 Å². The van der Waals surface area contributed by atoms with Crippen molar-refractivity contribution in [2.75, 3.05) is 37.7 Å². The van der Waals surface area contributed by atoms with Crippen molar-refractivity contribution >= 4 is 27.5 Å². The highest BCUT2D eigenvalue weighted by Gasteiger charge is 2.49. The number of anilines is 1. The molecule has 2 unspecified atom stereocenters. The number of ether oxygens (including phenoxy) is 1. The van der Waals surface area contributed by atoms with E-state index in [1.807, 2.05) is 0 Å². The molecule has 2 bridgehead atoms. The number of hydrogen-bond donors (Lipinski definition) is 3. The van der Waals surface area contributed by atoms with E-state index in [1.165, 1.54) is 30.3 Å². The lowest BCUT2D eigenvalue weighted by Gasteiger charge is -2.34. The number of aryl methyl sites for hydroxylation is 1. The van der Waals surface area contributed by atoms with Gasteiger partial charge in [-0.25, -0.2) is 13.2 Å². The van der Waals surface area contributed by atoms with Crippen molar-refractivity contribution in [2.45, 2.75) is 69.2 Å². The maximum Gasteiger partial charge on any atom is 0.319 e. The maximum absolute atomic E-state index is 16.9. The molecule has 0 saturated carbocycles. The van der Waals surface area contributed by atoms with Crippen LogP contribution in [-0.2, 0) is 6.42 Å². The van der Waals surface area contributed by atoms with Crippen LogP contribution in [0.4, 0.5) is 19.0 Å². The average Bonchev–Trinajstić information content (AvgIpc) is 3.66. The summed E-state index contributed by atoms with van der Waals surface area (Å²) in [5.74, 6) is -1.31. The molecule has 236 valence electrons. The fourth-order valence-electron chi connectivity index (χ4n) is 8.40. The largest absolute Gasteiger partial charge is 0.508 e. The first kappa shape index (κ1) is 28.6. The van der Waals surface area contributed by atoms with Crippen molar-refractivity contribution in [3.63, 3.8) is 0 Å². The van der Waals surface area contributed by atoms with E-state index in [-0.39, 0.29) is 52.8 Å². The van der Waals surface area contributed by atoms with Crippen molar-refractivity contribution in [2.24, 2.45) is 0 Å². The molecule has 1 aromatic heterocycles. The summed E-state index contributed by atoms with van der Waals surface area (Å²) < 4.78 is 52.6. The van der Waals surface area contributed by atoms with Crippen LogP contribution in [0.5, 0.6) is 17.5 Å². The van der Waals surface area contributed by atoms with Crippen LogP contribution in [0, 0.1) is 11.6 Å². The molecular formula is C34H36F3N5O3. The molecule has 0 aliphatic carbocycles. The minimum Gasteiger partial charge on any atom is -0.508 e. The van der Waals surface area contributed by atoms with Gasteiger partial charge in [-0.1, -0.05) is 13.0 Å². The third-order valence-corrected chi connectivity index (χ3v) is 10.4. The summed E-state index contributed by atoms with van der Waals surface area (Å²) in [6.45, 7) is 4.50. The first-order valence-corrected chi connectivity index (χ1v) is 15.9. The molecule has 8 nitrogen and oxygen atoms in total. The molecule has 4 aromatic rings. The summed E-state index contributed by atoms with van der Waals surface area (Å²) in [5.41, 5.74) is -0.146. The molecule has 45 heavy (non-hydrogen) atoms. The lowest BCUT2D eigenvalue weighted by atomic mass is 9.91. The molecule has 3 N–H and O–H groups in total. The number of nitrogens with one attached hydrogen (secondary N) is 1. The van der Waals surface area contributed by atoms with Crippen molar-refractivity contribution in [3.8, 4) is 28.6 Å². The van der Waals surface area contributed by atoms with E-state index < -0.39 is 23.3 Å². The van der Waals surface area contributed by atoms with Crippen molar-refractivity contribution in [3.05, 3.63) is 47.5 Å². The first-order chi connectivity index (χ1) is 21.7. The number of halogens is 3. The molecule has 0 spiro atoms. The molecular weight excluding hydrogens is 583 g/mol. The number of hydrogen-bond acceptors (Lipinski definition) is 8. The van der Waals surface area contributed by atoms with Crippen LogP contribution in [0.15, 0.2) is 30.3 Å². The summed E-state index contributed by atoms with van der Waals surface area (Å²) in [6.07, 6.45) is 3.60. The van der Waals surface area contributed by atoms with Gasteiger partial charge in [0.1, 0.15) is 41.4 Å². The number of benzene rings is 3. The molecule has 4 fully saturated rings. The lowest BCUT2D eigenvalue weighted by Crippen LogP contribution is -2.51. The predicted molar refractivity (Wildman–Crippen MR) is 166 cm³/mol. The summed E-state index contributed by atoms with van der Waals surface area (Å²) >= 11 is 0. The number of phenolic OH excluding ortho intramolecular Hbond substituents is 2. The second-order valence-electron chi connectivity index (χ2n) is 13.2. The number of nitrogens with zero attached hydrogens (tertiary/aromatic N) is 4. The molecule has 0 radical (unpaired) electrons. The van der Waals surface area contributed by atoms with Crippen LogP contribution in [0.25, 0.3) is 32.8 Å². The quantitative estimate of drug-likeness (QED) is 0.257. The summed E-state index contributed by atoms with van der Waals surface area (Å²) in [5, 5.41) is 26.9. The van der Waals surface area contributed by atoms with E-state index in [9.17, 15) is 19.0 Å². The molecule has 5 heterocycles. The Hall–Kier alpha value is -3.83. The summed E-state index contributed by atoms with van der Waals surface area (Å²) in [4.78, 5) is 13.6. The Morgan fingerprint density at radius 2 is 1.87 bits per heavy atom. The summed E-state index contributed by atoms with van der Waals surface area (Å²) in [7, 11) is 0. The van der Waals surface area contributed by atoms with Gasteiger partial charge >= 0.3 is 6.01 Å². The third kappa shape index (κ3) is 4.65. The molecule has 11 heteroatoms. The van der Waals surface area contributed by atoms with E-state index >= 15 is 4.39 Å². The number of aromatic hydroxyl groups is 2. The number of aromatic nitrogens is 2. The van der Waals surface area contributed by atoms with Gasteiger partial charge in [0, 0.05) is 49.1 Å². The Morgan fingerprint density at radius 3 is 2.64 bits per heavy atom. The topological polar surface area (TPSA) is 94.0 Å². The van der Waals surface area contributed by atoms with E-state index in [4.69, 9.17) is 9.72 Å². The minimum atomic E-state index is -0.920. The molecule has 4 aliphatic rings. The van der Waals surface area contributed by atoms with Gasteiger partial charge in [-0.15, -0.1) is 0 Å². The highest BCUT2D eigenvalue weighted by Crippen LogP contribution is 2.45. The van der Waals surface area contributed by atoms with Crippen LogP contribution in [-0.4, -0.2) is 81.7 Å². The Bertz CT molecular complexity index is 1830. The van der Waals surface area contributed by atoms with Crippen molar-refractivity contribution in [1.29, 1.82) is 0 Å². The second kappa shape index (κ2) is 10.6. The second-order valence-corrected chi connectivity index (χ2v) is 13.2. The maximum atomic E-state index is 16.9. The number of piperazine rings is 1. The molecule has 8 rings (SSSR count).